The zero-order valence-electron chi connectivity index (χ0n) is 5.76. The van der Waals surface area contributed by atoms with Crippen LogP contribution in [0.3, 0.4) is 0 Å². The zero-order valence-corrected chi connectivity index (χ0v) is 6.58. The molecule has 0 amide bonds. The van der Waals surface area contributed by atoms with Crippen LogP contribution in [0.2, 0.25) is 0 Å². The molecule has 1 heterocycles. The zero-order chi connectivity index (χ0) is 6.53. The summed E-state index contributed by atoms with van der Waals surface area (Å²) in [6, 6.07) is 0. The van der Waals surface area contributed by atoms with E-state index in [1.54, 1.807) is 0 Å². The Hall–Kier alpha value is 0.0200. The molecule has 0 aromatic carbocycles. The molecule has 0 spiro atoms. The maximum absolute atomic E-state index is 4.23. The van der Waals surface area contributed by atoms with E-state index in [9.17, 15) is 0 Å². The first kappa shape index (κ1) is 7.13. The molecule has 0 fully saturated rings. The summed E-state index contributed by atoms with van der Waals surface area (Å²) in [6.45, 7) is 4.21. The molecule has 1 rings (SSSR count). The van der Waals surface area contributed by atoms with E-state index in [1.165, 1.54) is 24.3 Å². The van der Waals surface area contributed by atoms with Crippen LogP contribution in [0, 0.1) is 6.54 Å². The molecule has 9 heavy (non-hydrogen) atoms. The third-order valence-electron chi connectivity index (χ3n) is 1.30. The molecule has 0 saturated heterocycles. The second-order valence-corrected chi connectivity index (χ2v) is 3.21. The summed E-state index contributed by atoms with van der Waals surface area (Å²) in [7, 11) is 0. The van der Waals surface area contributed by atoms with E-state index >= 15 is 0 Å². The summed E-state index contributed by atoms with van der Waals surface area (Å²) in [5.74, 6) is 1.10. The highest BCUT2D eigenvalue weighted by Gasteiger charge is 2.04. The van der Waals surface area contributed by atoms with E-state index in [0.717, 1.165) is 5.75 Å². The van der Waals surface area contributed by atoms with Gasteiger partial charge < -0.3 is 0 Å². The van der Waals surface area contributed by atoms with E-state index in [2.05, 4.69) is 11.9 Å². The van der Waals surface area contributed by atoms with Gasteiger partial charge in [0.05, 0.1) is 11.6 Å². The number of rotatable bonds is 3. The van der Waals surface area contributed by atoms with Crippen molar-refractivity contribution in [1.82, 2.24) is 0 Å². The lowest BCUT2D eigenvalue weighted by Crippen LogP contribution is -1.85. The number of hydrogen-bond acceptors (Lipinski definition) is 2. The Labute approximate surface area is 60.9 Å². The molecular weight excluding hydrogens is 130 g/mol. The van der Waals surface area contributed by atoms with Crippen LogP contribution in [0.1, 0.15) is 26.2 Å². The Kier molecular flexibility index (Phi) is 3.12. The van der Waals surface area contributed by atoms with Crippen LogP contribution >= 0.6 is 11.8 Å². The highest BCUT2D eigenvalue weighted by molar-refractivity contribution is 8.14. The highest BCUT2D eigenvalue weighted by atomic mass is 32.2. The predicted octanol–water partition coefficient (Wildman–Crippen LogP) is 2.48. The summed E-state index contributed by atoms with van der Waals surface area (Å²) >= 11 is 1.88. The van der Waals surface area contributed by atoms with Crippen LogP contribution in [0.4, 0.5) is 0 Å². The summed E-state index contributed by atoms with van der Waals surface area (Å²) in [4.78, 5) is 4.23. The molecule has 1 aliphatic rings. The van der Waals surface area contributed by atoms with Crippen molar-refractivity contribution < 1.29 is 0 Å². The Morgan fingerprint density at radius 3 is 3.22 bits per heavy atom. The minimum atomic E-state index is 1.10. The second-order valence-electron chi connectivity index (χ2n) is 2.12. The van der Waals surface area contributed by atoms with Gasteiger partial charge in [-0.1, -0.05) is 13.3 Å². The van der Waals surface area contributed by atoms with Gasteiger partial charge in [0, 0.05) is 5.75 Å². The standard InChI is InChI=1S/C7H12NS/c1-2-3-4-7-8-5-6-9-7/h5H,2-4,6H2,1H3. The molecule has 1 nitrogen and oxygen atoms in total. The molecule has 51 valence electrons. The van der Waals surface area contributed by atoms with Crippen molar-refractivity contribution in [3.8, 4) is 0 Å². The maximum atomic E-state index is 4.23. The van der Waals surface area contributed by atoms with Gasteiger partial charge in [-0.05, 0) is 12.8 Å². The number of thioether (sulfide) groups is 1. The van der Waals surface area contributed by atoms with Gasteiger partial charge in [0.15, 0.2) is 0 Å². The van der Waals surface area contributed by atoms with Crippen LogP contribution in [0.15, 0.2) is 4.99 Å². The number of hydrogen-bond donors (Lipinski definition) is 0. The molecule has 1 radical (unpaired) electrons. The van der Waals surface area contributed by atoms with Crippen LogP contribution in [0.5, 0.6) is 0 Å². The molecule has 0 unspecified atom stereocenters. The smallest absolute Gasteiger partial charge is 0.0835 e. The predicted molar refractivity (Wildman–Crippen MR) is 43.7 cm³/mol. The van der Waals surface area contributed by atoms with Gasteiger partial charge in [-0.15, -0.1) is 11.8 Å². The molecule has 0 N–H and O–H groups in total. The molecule has 0 aliphatic carbocycles. The lowest BCUT2D eigenvalue weighted by Gasteiger charge is -1.94. The van der Waals surface area contributed by atoms with Gasteiger partial charge in [0.1, 0.15) is 0 Å². The Morgan fingerprint density at radius 1 is 1.78 bits per heavy atom. The van der Waals surface area contributed by atoms with Crippen molar-refractivity contribution in [2.45, 2.75) is 26.2 Å². The fourth-order valence-corrected chi connectivity index (χ4v) is 1.55. The molecule has 1 aliphatic heterocycles. The van der Waals surface area contributed by atoms with E-state index in [4.69, 9.17) is 0 Å². The van der Waals surface area contributed by atoms with Crippen LogP contribution in [-0.2, 0) is 0 Å². The first-order valence-corrected chi connectivity index (χ1v) is 4.43. The van der Waals surface area contributed by atoms with Crippen LogP contribution in [-0.4, -0.2) is 10.8 Å². The number of aliphatic imine (C=N–C) groups is 1. The van der Waals surface area contributed by atoms with Gasteiger partial charge in [-0.3, -0.25) is 4.99 Å². The minimum Gasteiger partial charge on any atom is -0.276 e. The van der Waals surface area contributed by atoms with E-state index in [0.29, 0.717) is 0 Å². The summed E-state index contributed by atoms with van der Waals surface area (Å²) in [5, 5.41) is 1.33. The van der Waals surface area contributed by atoms with Gasteiger partial charge in [0.2, 0.25) is 0 Å². The van der Waals surface area contributed by atoms with Gasteiger partial charge in [0.25, 0.3) is 0 Å². The first-order chi connectivity index (χ1) is 4.43. The first-order valence-electron chi connectivity index (χ1n) is 3.44. The fourth-order valence-electron chi connectivity index (χ4n) is 0.775. The average molecular weight is 142 g/mol. The largest absolute Gasteiger partial charge is 0.276 e. The van der Waals surface area contributed by atoms with Crippen molar-refractivity contribution in [2.75, 3.05) is 5.75 Å². The summed E-state index contributed by atoms with van der Waals surface area (Å²) in [6.07, 6.45) is 3.76. The van der Waals surface area contributed by atoms with Crippen LogP contribution < -0.4 is 0 Å². The van der Waals surface area contributed by atoms with Crippen molar-refractivity contribution in [1.29, 1.82) is 0 Å². The second kappa shape index (κ2) is 3.94. The Morgan fingerprint density at radius 2 is 2.67 bits per heavy atom. The van der Waals surface area contributed by atoms with Crippen molar-refractivity contribution in [3.63, 3.8) is 0 Å². The SMILES string of the molecule is CCCCC1=N[CH]CS1. The van der Waals surface area contributed by atoms with E-state index in [-0.39, 0.29) is 0 Å². The lowest BCUT2D eigenvalue weighted by atomic mass is 10.3. The van der Waals surface area contributed by atoms with Crippen LogP contribution in [0.25, 0.3) is 0 Å². The fraction of sp³-hybridized carbons (Fsp3) is 0.714. The Bertz CT molecular complexity index is 109. The lowest BCUT2D eigenvalue weighted by molar-refractivity contribution is 0.840. The molecule has 0 saturated carbocycles. The Balaban J connectivity index is 2.11. The third-order valence-corrected chi connectivity index (χ3v) is 2.26. The molecule has 0 aromatic heterocycles. The van der Waals surface area contributed by atoms with Crippen molar-refractivity contribution in [3.05, 3.63) is 6.54 Å². The van der Waals surface area contributed by atoms with Crippen molar-refractivity contribution in [2.24, 2.45) is 4.99 Å². The molecule has 0 atom stereocenters. The minimum absolute atomic E-state index is 1.10. The average Bonchev–Trinajstić information content (AvgIpc) is 2.34. The van der Waals surface area contributed by atoms with E-state index < -0.39 is 0 Å². The third kappa shape index (κ3) is 2.39. The number of nitrogens with zero attached hydrogens (tertiary/aromatic N) is 1. The molecule has 0 aromatic rings. The number of unbranched alkanes of at least 4 members (excludes halogenated alkanes) is 1. The maximum Gasteiger partial charge on any atom is 0.0835 e. The monoisotopic (exact) mass is 142 g/mol. The van der Waals surface area contributed by atoms with Crippen molar-refractivity contribution >= 4 is 16.8 Å². The molecule has 2 heteroatoms. The quantitative estimate of drug-likeness (QED) is 0.589. The molecular formula is C7H12NS. The topological polar surface area (TPSA) is 12.4 Å². The summed E-state index contributed by atoms with van der Waals surface area (Å²) in [5.41, 5.74) is 0. The van der Waals surface area contributed by atoms with Gasteiger partial charge in [-0.2, -0.15) is 0 Å². The molecule has 0 bridgehead atoms. The van der Waals surface area contributed by atoms with E-state index in [1.807, 2.05) is 18.3 Å². The summed E-state index contributed by atoms with van der Waals surface area (Å²) < 4.78 is 0. The van der Waals surface area contributed by atoms with Gasteiger partial charge in [-0.25, -0.2) is 0 Å². The highest BCUT2D eigenvalue weighted by Crippen LogP contribution is 2.18. The normalized spacial score (nSPS) is 18.1. The van der Waals surface area contributed by atoms with Gasteiger partial charge >= 0.3 is 0 Å².